The molecule has 0 fully saturated rings. The molecule has 4 nitrogen and oxygen atoms in total. The van der Waals surface area contributed by atoms with Crippen molar-refractivity contribution in [1.82, 2.24) is 0 Å². The van der Waals surface area contributed by atoms with Crippen LogP contribution in [0.15, 0.2) is 30.3 Å². The van der Waals surface area contributed by atoms with E-state index in [2.05, 4.69) is 10.6 Å². The molecule has 2 N–H and O–H groups in total. The minimum absolute atomic E-state index is 0.0270. The molecule has 0 heterocycles. The quantitative estimate of drug-likeness (QED) is 0.672. The number of amides is 1. The van der Waals surface area contributed by atoms with Gasteiger partial charge in [-0.2, -0.15) is 0 Å². The third-order valence-corrected chi connectivity index (χ3v) is 4.22. The summed E-state index contributed by atoms with van der Waals surface area (Å²) in [7, 11) is 1.53. The van der Waals surface area contributed by atoms with Crippen LogP contribution in [-0.4, -0.2) is 19.6 Å². The lowest BCUT2D eigenvalue weighted by Gasteiger charge is -2.11. The van der Waals surface area contributed by atoms with Crippen molar-refractivity contribution in [1.29, 1.82) is 0 Å². The first-order chi connectivity index (χ1) is 10.9. The number of benzene rings is 2. The van der Waals surface area contributed by atoms with Gasteiger partial charge in [-0.25, -0.2) is 0 Å². The summed E-state index contributed by atoms with van der Waals surface area (Å²) >= 11 is 23.8. The fraction of sp³-hybridized carbons (Fsp3) is 0.133. The number of carbonyl (C=O) groups excluding carboxylic acids is 1. The molecule has 122 valence electrons. The topological polar surface area (TPSA) is 50.4 Å². The summed E-state index contributed by atoms with van der Waals surface area (Å²) in [6.45, 7) is 0.0270. The van der Waals surface area contributed by atoms with Gasteiger partial charge in [0.1, 0.15) is 5.75 Å². The lowest BCUT2D eigenvalue weighted by molar-refractivity contribution is -0.114. The lowest BCUT2D eigenvalue weighted by atomic mass is 10.3. The average molecular weight is 394 g/mol. The molecular weight excluding hydrogens is 382 g/mol. The Bertz CT molecular complexity index is 738. The van der Waals surface area contributed by atoms with Gasteiger partial charge >= 0.3 is 0 Å². The predicted molar refractivity (Wildman–Crippen MR) is 96.6 cm³/mol. The zero-order chi connectivity index (χ0) is 17.0. The summed E-state index contributed by atoms with van der Waals surface area (Å²) < 4.78 is 5.06. The standard InChI is InChI=1S/C15H12Cl4N2O2/c1-23-14-3-2-8(4-12(14)19)20-7-15(22)21-13-6-10(17)9(16)5-11(13)18/h2-6,20H,7H2,1H3,(H,21,22). The largest absolute Gasteiger partial charge is 0.495 e. The lowest BCUT2D eigenvalue weighted by Crippen LogP contribution is -2.21. The highest BCUT2D eigenvalue weighted by Gasteiger charge is 2.10. The monoisotopic (exact) mass is 392 g/mol. The van der Waals surface area contributed by atoms with E-state index in [1.165, 1.54) is 19.2 Å². The fourth-order valence-electron chi connectivity index (χ4n) is 1.77. The van der Waals surface area contributed by atoms with E-state index in [4.69, 9.17) is 51.1 Å². The molecular formula is C15H12Cl4N2O2. The van der Waals surface area contributed by atoms with Gasteiger partial charge in [-0.05, 0) is 30.3 Å². The fourth-order valence-corrected chi connectivity index (χ4v) is 2.62. The summed E-state index contributed by atoms with van der Waals surface area (Å²) in [6, 6.07) is 8.09. The third kappa shape index (κ3) is 4.82. The number of methoxy groups -OCH3 is 1. The maximum absolute atomic E-state index is 12.0. The first-order valence-electron chi connectivity index (χ1n) is 6.42. The van der Waals surface area contributed by atoms with Gasteiger partial charge in [0.15, 0.2) is 0 Å². The van der Waals surface area contributed by atoms with Crippen LogP contribution >= 0.6 is 46.4 Å². The summed E-state index contributed by atoms with van der Waals surface area (Å²) in [5, 5.41) is 6.98. The normalized spacial score (nSPS) is 10.3. The molecule has 1 amide bonds. The van der Waals surface area contributed by atoms with Crippen molar-refractivity contribution < 1.29 is 9.53 Å². The van der Waals surface area contributed by atoms with Crippen LogP contribution in [-0.2, 0) is 4.79 Å². The maximum atomic E-state index is 12.0. The Labute approximate surface area is 153 Å². The second kappa shape index (κ2) is 7.97. The zero-order valence-corrected chi connectivity index (χ0v) is 14.9. The van der Waals surface area contributed by atoms with Gasteiger partial charge in [0.25, 0.3) is 0 Å². The van der Waals surface area contributed by atoms with Crippen LogP contribution in [0.4, 0.5) is 11.4 Å². The molecule has 0 saturated carbocycles. The van der Waals surface area contributed by atoms with Gasteiger partial charge in [-0.3, -0.25) is 4.79 Å². The Morgan fingerprint density at radius 2 is 1.70 bits per heavy atom. The summed E-state index contributed by atoms with van der Waals surface area (Å²) in [4.78, 5) is 12.0. The number of halogens is 4. The van der Waals surface area contributed by atoms with E-state index in [0.717, 1.165) is 0 Å². The van der Waals surface area contributed by atoms with Crippen molar-refractivity contribution in [2.45, 2.75) is 0 Å². The molecule has 0 aliphatic carbocycles. The van der Waals surface area contributed by atoms with E-state index in [-0.39, 0.29) is 12.5 Å². The molecule has 2 aromatic carbocycles. The van der Waals surface area contributed by atoms with E-state index in [9.17, 15) is 4.79 Å². The summed E-state index contributed by atoms with van der Waals surface area (Å²) in [5.41, 5.74) is 1.08. The van der Waals surface area contributed by atoms with Crippen molar-refractivity contribution in [3.8, 4) is 5.75 Å². The molecule has 2 rings (SSSR count). The highest BCUT2D eigenvalue weighted by molar-refractivity contribution is 6.44. The number of hydrogen-bond acceptors (Lipinski definition) is 3. The van der Waals surface area contributed by atoms with Crippen LogP contribution in [0.5, 0.6) is 5.75 Å². The molecule has 0 saturated heterocycles. The molecule has 8 heteroatoms. The van der Waals surface area contributed by atoms with Crippen molar-refractivity contribution in [2.75, 3.05) is 24.3 Å². The number of hydrogen-bond donors (Lipinski definition) is 2. The Hall–Kier alpha value is -1.33. The smallest absolute Gasteiger partial charge is 0.243 e. The Morgan fingerprint density at radius 1 is 1.00 bits per heavy atom. The summed E-state index contributed by atoms with van der Waals surface area (Å²) in [6.07, 6.45) is 0. The molecule has 23 heavy (non-hydrogen) atoms. The number of rotatable bonds is 5. The van der Waals surface area contributed by atoms with Gasteiger partial charge in [0.05, 0.1) is 39.4 Å². The van der Waals surface area contributed by atoms with Crippen LogP contribution in [0, 0.1) is 0 Å². The molecule has 0 radical (unpaired) electrons. The third-order valence-electron chi connectivity index (χ3n) is 2.89. The van der Waals surface area contributed by atoms with Gasteiger partial charge in [0.2, 0.25) is 5.91 Å². The number of carbonyl (C=O) groups is 1. The van der Waals surface area contributed by atoms with Crippen molar-refractivity contribution in [2.24, 2.45) is 0 Å². The van der Waals surface area contributed by atoms with Crippen LogP contribution in [0.2, 0.25) is 20.1 Å². The molecule has 0 spiro atoms. The summed E-state index contributed by atoms with van der Waals surface area (Å²) in [5.74, 6) is 0.265. The predicted octanol–water partition coefficient (Wildman–Crippen LogP) is 5.36. The highest BCUT2D eigenvalue weighted by atomic mass is 35.5. The van der Waals surface area contributed by atoms with Crippen LogP contribution in [0.25, 0.3) is 0 Å². The number of nitrogens with one attached hydrogen (secondary N) is 2. The van der Waals surface area contributed by atoms with Crippen LogP contribution in [0.1, 0.15) is 0 Å². The van der Waals surface area contributed by atoms with E-state index in [1.54, 1.807) is 18.2 Å². The second-order valence-corrected chi connectivity index (χ2v) is 6.13. The van der Waals surface area contributed by atoms with Crippen LogP contribution in [0.3, 0.4) is 0 Å². The minimum Gasteiger partial charge on any atom is -0.495 e. The van der Waals surface area contributed by atoms with Gasteiger partial charge in [-0.15, -0.1) is 0 Å². The van der Waals surface area contributed by atoms with Gasteiger partial charge in [0, 0.05) is 5.69 Å². The Kier molecular flexibility index (Phi) is 6.25. The Morgan fingerprint density at radius 3 is 2.35 bits per heavy atom. The average Bonchev–Trinajstić information content (AvgIpc) is 2.51. The van der Waals surface area contributed by atoms with E-state index >= 15 is 0 Å². The zero-order valence-electron chi connectivity index (χ0n) is 11.9. The molecule has 0 bridgehead atoms. The van der Waals surface area contributed by atoms with E-state index < -0.39 is 0 Å². The van der Waals surface area contributed by atoms with Gasteiger partial charge in [-0.1, -0.05) is 46.4 Å². The van der Waals surface area contributed by atoms with E-state index in [1.807, 2.05) is 0 Å². The maximum Gasteiger partial charge on any atom is 0.243 e. The van der Waals surface area contributed by atoms with Crippen molar-refractivity contribution in [3.63, 3.8) is 0 Å². The van der Waals surface area contributed by atoms with Crippen molar-refractivity contribution >= 4 is 63.7 Å². The van der Waals surface area contributed by atoms with Crippen LogP contribution < -0.4 is 15.4 Å². The second-order valence-electron chi connectivity index (χ2n) is 4.50. The first kappa shape index (κ1) is 18.0. The molecule has 0 atom stereocenters. The van der Waals surface area contributed by atoms with Gasteiger partial charge < -0.3 is 15.4 Å². The Balaban J connectivity index is 1.98. The first-order valence-corrected chi connectivity index (χ1v) is 7.93. The highest BCUT2D eigenvalue weighted by Crippen LogP contribution is 2.32. The SMILES string of the molecule is COc1ccc(NCC(=O)Nc2cc(Cl)c(Cl)cc2Cl)cc1Cl. The molecule has 0 aromatic heterocycles. The molecule has 2 aromatic rings. The molecule has 0 aliphatic rings. The molecule has 0 unspecified atom stereocenters. The number of anilines is 2. The van der Waals surface area contributed by atoms with Crippen molar-refractivity contribution in [3.05, 3.63) is 50.4 Å². The van der Waals surface area contributed by atoms with E-state index in [0.29, 0.717) is 37.2 Å². The number of ether oxygens (including phenoxy) is 1. The minimum atomic E-state index is -0.294. The molecule has 0 aliphatic heterocycles.